The van der Waals surface area contributed by atoms with E-state index >= 15 is 0 Å². The first-order chi connectivity index (χ1) is 13.8. The summed E-state index contributed by atoms with van der Waals surface area (Å²) in [6, 6.07) is 16.0. The van der Waals surface area contributed by atoms with Gasteiger partial charge in [0.15, 0.2) is 5.82 Å². The van der Waals surface area contributed by atoms with Crippen molar-refractivity contribution >= 4 is 16.9 Å². The van der Waals surface area contributed by atoms with Gasteiger partial charge in [0.05, 0.1) is 16.8 Å². The molecule has 0 spiro atoms. The second-order valence-electron chi connectivity index (χ2n) is 6.25. The maximum Gasteiger partial charge on any atom is 0.236 e. The number of aryl methyl sites for hydroxylation is 1. The monoisotopic (exact) mass is 388 g/mol. The zero-order valence-electron chi connectivity index (χ0n) is 15.0. The molecule has 0 bridgehead atoms. The SMILES string of the molecule is Cc1nn2ccccc2c1-c1nc(OCc2ccccc2)c(-c2ncn[nH]2)s1. The molecule has 0 aliphatic carbocycles. The predicted octanol–water partition coefficient (Wildman–Crippen LogP) is 4.13. The lowest BCUT2D eigenvalue weighted by Gasteiger charge is -2.04. The van der Waals surface area contributed by atoms with Gasteiger partial charge in [0.2, 0.25) is 5.88 Å². The zero-order chi connectivity index (χ0) is 18.9. The van der Waals surface area contributed by atoms with Crippen molar-refractivity contribution in [1.82, 2.24) is 29.8 Å². The summed E-state index contributed by atoms with van der Waals surface area (Å²) in [7, 11) is 0. The Balaban J connectivity index is 1.59. The molecule has 4 aromatic heterocycles. The smallest absolute Gasteiger partial charge is 0.236 e. The molecule has 7 nitrogen and oxygen atoms in total. The molecule has 8 heteroatoms. The number of aromatic nitrogens is 6. The fourth-order valence-electron chi connectivity index (χ4n) is 3.08. The first-order valence-corrected chi connectivity index (χ1v) is 9.59. The quantitative estimate of drug-likeness (QED) is 0.490. The van der Waals surface area contributed by atoms with E-state index in [9.17, 15) is 0 Å². The fraction of sp³-hybridized carbons (Fsp3) is 0.100. The van der Waals surface area contributed by atoms with Crippen molar-refractivity contribution < 1.29 is 4.74 Å². The van der Waals surface area contributed by atoms with E-state index in [1.165, 1.54) is 17.7 Å². The number of thiazole rings is 1. The summed E-state index contributed by atoms with van der Waals surface area (Å²) in [4.78, 5) is 9.89. The number of benzene rings is 1. The van der Waals surface area contributed by atoms with E-state index in [0.717, 1.165) is 32.2 Å². The van der Waals surface area contributed by atoms with E-state index in [1.807, 2.05) is 66.2 Å². The topological polar surface area (TPSA) is 81.0 Å². The molecule has 0 aliphatic rings. The minimum Gasteiger partial charge on any atom is -0.472 e. The molecule has 5 rings (SSSR count). The molecule has 1 aromatic carbocycles. The maximum atomic E-state index is 6.06. The molecular weight excluding hydrogens is 372 g/mol. The molecule has 0 radical (unpaired) electrons. The first kappa shape index (κ1) is 16.6. The van der Waals surface area contributed by atoms with Crippen LogP contribution in [-0.2, 0) is 6.61 Å². The van der Waals surface area contributed by atoms with Crippen LogP contribution in [0.25, 0.3) is 26.8 Å². The lowest BCUT2D eigenvalue weighted by atomic mass is 10.2. The fourth-order valence-corrected chi connectivity index (χ4v) is 4.15. The molecule has 0 saturated heterocycles. The van der Waals surface area contributed by atoms with Crippen molar-refractivity contribution in [3.8, 4) is 27.2 Å². The van der Waals surface area contributed by atoms with Crippen molar-refractivity contribution in [2.24, 2.45) is 0 Å². The Labute approximate surface area is 164 Å². The van der Waals surface area contributed by atoms with Crippen LogP contribution in [0.4, 0.5) is 0 Å². The highest BCUT2D eigenvalue weighted by atomic mass is 32.1. The molecule has 4 heterocycles. The molecule has 0 amide bonds. The number of nitrogens with zero attached hydrogens (tertiary/aromatic N) is 5. The van der Waals surface area contributed by atoms with Gasteiger partial charge in [0.1, 0.15) is 22.8 Å². The molecular formula is C20H16N6OS. The van der Waals surface area contributed by atoms with Crippen LogP contribution < -0.4 is 4.74 Å². The Morgan fingerprint density at radius 3 is 2.79 bits per heavy atom. The third kappa shape index (κ3) is 2.93. The predicted molar refractivity (Wildman–Crippen MR) is 107 cm³/mol. The van der Waals surface area contributed by atoms with Gasteiger partial charge in [-0.1, -0.05) is 36.4 Å². The van der Waals surface area contributed by atoms with E-state index < -0.39 is 0 Å². The van der Waals surface area contributed by atoms with Crippen LogP contribution in [0.5, 0.6) is 5.88 Å². The van der Waals surface area contributed by atoms with Gasteiger partial charge >= 0.3 is 0 Å². The third-order valence-electron chi connectivity index (χ3n) is 4.37. The third-order valence-corrected chi connectivity index (χ3v) is 5.43. The van der Waals surface area contributed by atoms with Crippen LogP contribution in [0.3, 0.4) is 0 Å². The minimum absolute atomic E-state index is 0.429. The molecule has 0 atom stereocenters. The van der Waals surface area contributed by atoms with E-state index in [2.05, 4.69) is 20.3 Å². The zero-order valence-corrected chi connectivity index (χ0v) is 15.8. The van der Waals surface area contributed by atoms with Crippen LogP contribution in [0.1, 0.15) is 11.3 Å². The standard InChI is InChI=1S/C20H16N6OS/c1-13-16(15-9-5-6-10-26(15)25-13)20-23-19(17(28-20)18-21-12-22-24-18)27-11-14-7-3-2-4-8-14/h2-10,12H,11H2,1H3,(H,21,22,24). The van der Waals surface area contributed by atoms with Crippen LogP contribution >= 0.6 is 11.3 Å². The Kier molecular flexibility index (Phi) is 4.10. The van der Waals surface area contributed by atoms with Gasteiger partial charge < -0.3 is 4.74 Å². The molecule has 28 heavy (non-hydrogen) atoms. The summed E-state index contributed by atoms with van der Waals surface area (Å²) >= 11 is 1.52. The molecule has 0 aliphatic heterocycles. The molecule has 5 aromatic rings. The number of ether oxygens (including phenoxy) is 1. The van der Waals surface area contributed by atoms with Crippen LogP contribution in [0, 0.1) is 6.92 Å². The van der Waals surface area contributed by atoms with Gasteiger partial charge in [-0.15, -0.1) is 11.3 Å². The van der Waals surface area contributed by atoms with Crippen LogP contribution in [-0.4, -0.2) is 29.8 Å². The van der Waals surface area contributed by atoms with Crippen molar-refractivity contribution in [3.63, 3.8) is 0 Å². The highest BCUT2D eigenvalue weighted by Crippen LogP contribution is 2.40. The Hall–Kier alpha value is -3.52. The average Bonchev–Trinajstić information content (AvgIpc) is 3.44. The van der Waals surface area contributed by atoms with Gasteiger partial charge in [-0.25, -0.2) is 14.5 Å². The summed E-state index contributed by atoms with van der Waals surface area (Å²) in [6.07, 6.45) is 3.42. The van der Waals surface area contributed by atoms with Crippen molar-refractivity contribution in [2.75, 3.05) is 0 Å². The number of hydrogen-bond acceptors (Lipinski definition) is 6. The Morgan fingerprint density at radius 1 is 1.11 bits per heavy atom. The molecule has 1 N–H and O–H groups in total. The molecule has 138 valence electrons. The number of pyridine rings is 1. The highest BCUT2D eigenvalue weighted by Gasteiger charge is 2.22. The first-order valence-electron chi connectivity index (χ1n) is 8.77. The number of fused-ring (bicyclic) bond motifs is 1. The summed E-state index contributed by atoms with van der Waals surface area (Å²) in [6.45, 7) is 2.42. The Bertz CT molecular complexity index is 1230. The van der Waals surface area contributed by atoms with Gasteiger partial charge in [-0.3, -0.25) is 5.10 Å². The maximum absolute atomic E-state index is 6.06. The minimum atomic E-state index is 0.429. The number of hydrogen-bond donors (Lipinski definition) is 1. The summed E-state index contributed by atoms with van der Waals surface area (Å²) < 4.78 is 7.93. The number of nitrogens with one attached hydrogen (secondary N) is 1. The number of H-pyrrole nitrogens is 1. The molecule has 0 saturated carbocycles. The van der Waals surface area contributed by atoms with Crippen molar-refractivity contribution in [2.45, 2.75) is 13.5 Å². The highest BCUT2D eigenvalue weighted by molar-refractivity contribution is 7.18. The lowest BCUT2D eigenvalue weighted by Crippen LogP contribution is -1.97. The Morgan fingerprint density at radius 2 is 1.96 bits per heavy atom. The van der Waals surface area contributed by atoms with Crippen molar-refractivity contribution in [3.05, 3.63) is 72.3 Å². The van der Waals surface area contributed by atoms with Gasteiger partial charge in [-0.2, -0.15) is 10.2 Å². The van der Waals surface area contributed by atoms with Gasteiger partial charge in [-0.05, 0) is 24.6 Å². The van der Waals surface area contributed by atoms with Crippen molar-refractivity contribution in [1.29, 1.82) is 0 Å². The van der Waals surface area contributed by atoms with Gasteiger partial charge in [0.25, 0.3) is 0 Å². The average molecular weight is 388 g/mol. The summed E-state index contributed by atoms with van der Waals surface area (Å²) in [5, 5.41) is 12.3. The normalized spacial score (nSPS) is 11.2. The largest absolute Gasteiger partial charge is 0.472 e. The summed E-state index contributed by atoms with van der Waals surface area (Å²) in [5.74, 6) is 1.18. The van der Waals surface area contributed by atoms with Gasteiger partial charge in [0, 0.05) is 6.20 Å². The number of aromatic amines is 1. The molecule has 0 fully saturated rings. The van der Waals surface area contributed by atoms with E-state index in [4.69, 9.17) is 9.72 Å². The van der Waals surface area contributed by atoms with Crippen LogP contribution in [0.2, 0.25) is 0 Å². The van der Waals surface area contributed by atoms with E-state index in [1.54, 1.807) is 0 Å². The molecule has 0 unspecified atom stereocenters. The summed E-state index contributed by atoms with van der Waals surface area (Å²) in [5.41, 5.74) is 4.00. The number of rotatable bonds is 5. The van der Waals surface area contributed by atoms with E-state index in [-0.39, 0.29) is 0 Å². The second-order valence-corrected chi connectivity index (χ2v) is 7.25. The van der Waals surface area contributed by atoms with Crippen LogP contribution in [0.15, 0.2) is 61.1 Å². The second kappa shape index (κ2) is 6.90. The van der Waals surface area contributed by atoms with E-state index in [0.29, 0.717) is 18.3 Å². The lowest BCUT2D eigenvalue weighted by molar-refractivity contribution is 0.297.